The highest BCUT2D eigenvalue weighted by Crippen LogP contribution is 2.26. The molecule has 0 saturated carbocycles. The number of benzene rings is 2. The highest BCUT2D eigenvalue weighted by Gasteiger charge is 2.16. The van der Waals surface area contributed by atoms with Gasteiger partial charge in [0.2, 0.25) is 0 Å². The summed E-state index contributed by atoms with van der Waals surface area (Å²) in [6, 6.07) is 20.0. The van der Waals surface area contributed by atoms with Gasteiger partial charge in [-0.3, -0.25) is 4.79 Å². The highest BCUT2D eigenvalue weighted by molar-refractivity contribution is 5.96. The number of unbranched alkanes of at least 4 members (excludes halogenated alkanes) is 2. The molecule has 126 valence electrons. The van der Waals surface area contributed by atoms with Crippen molar-refractivity contribution in [2.75, 3.05) is 0 Å². The number of hydrogen-bond donors (Lipinski definition) is 0. The molecule has 0 saturated heterocycles. The third-order valence-corrected chi connectivity index (χ3v) is 4.52. The topological polar surface area (TPSA) is 17.1 Å². The van der Waals surface area contributed by atoms with Gasteiger partial charge in [-0.2, -0.15) is 0 Å². The van der Waals surface area contributed by atoms with Crippen LogP contribution in [-0.4, -0.2) is 5.78 Å². The Morgan fingerprint density at radius 2 is 1.58 bits per heavy atom. The highest BCUT2D eigenvalue weighted by atomic mass is 16.1. The summed E-state index contributed by atoms with van der Waals surface area (Å²) in [5.41, 5.74) is 3.34. The van der Waals surface area contributed by atoms with Gasteiger partial charge in [0.05, 0.1) is 0 Å². The van der Waals surface area contributed by atoms with Crippen LogP contribution in [-0.2, 0) is 0 Å². The van der Waals surface area contributed by atoms with Crippen LogP contribution in [0.2, 0.25) is 0 Å². The van der Waals surface area contributed by atoms with E-state index in [9.17, 15) is 4.79 Å². The fourth-order valence-electron chi connectivity index (χ4n) is 3.03. The zero-order valence-corrected chi connectivity index (χ0v) is 14.9. The molecule has 2 aromatic rings. The lowest BCUT2D eigenvalue weighted by Crippen LogP contribution is -2.10. The van der Waals surface area contributed by atoms with Crippen LogP contribution in [0.1, 0.15) is 61.9 Å². The first-order chi connectivity index (χ1) is 11.7. The molecule has 1 heteroatoms. The maximum Gasteiger partial charge on any atom is 0.163 e. The molecular weight excluding hydrogens is 292 g/mol. The average Bonchev–Trinajstić information content (AvgIpc) is 2.62. The van der Waals surface area contributed by atoms with Crippen LogP contribution in [0.3, 0.4) is 0 Å². The van der Waals surface area contributed by atoms with Crippen LogP contribution < -0.4 is 0 Å². The molecule has 1 atom stereocenters. The Morgan fingerprint density at radius 1 is 0.958 bits per heavy atom. The number of rotatable bonds is 9. The zero-order valence-electron chi connectivity index (χ0n) is 14.9. The summed E-state index contributed by atoms with van der Waals surface area (Å²) in [5.74, 6) is 0.572. The Morgan fingerprint density at radius 3 is 2.21 bits per heavy atom. The number of ketones is 1. The normalized spacial score (nSPS) is 12.8. The van der Waals surface area contributed by atoms with E-state index in [1.807, 2.05) is 36.4 Å². The van der Waals surface area contributed by atoms with E-state index >= 15 is 0 Å². The SMILES string of the molecule is CCCCCC(CC(=O)c1ccccc1)/C(C)=C/c1ccccc1. The second-order valence-corrected chi connectivity index (χ2v) is 6.49. The van der Waals surface area contributed by atoms with Gasteiger partial charge in [-0.25, -0.2) is 0 Å². The molecule has 2 aromatic carbocycles. The summed E-state index contributed by atoms with van der Waals surface area (Å²) >= 11 is 0. The summed E-state index contributed by atoms with van der Waals surface area (Å²) in [7, 11) is 0. The lowest BCUT2D eigenvalue weighted by Gasteiger charge is -2.17. The van der Waals surface area contributed by atoms with Crippen molar-refractivity contribution in [3.8, 4) is 0 Å². The number of Topliss-reactive ketones (excluding diaryl/α,β-unsaturated/α-hetero) is 1. The van der Waals surface area contributed by atoms with Gasteiger partial charge < -0.3 is 0 Å². The molecule has 0 aliphatic rings. The quantitative estimate of drug-likeness (QED) is 0.378. The van der Waals surface area contributed by atoms with E-state index in [4.69, 9.17) is 0 Å². The molecule has 1 nitrogen and oxygen atoms in total. The van der Waals surface area contributed by atoms with Crippen molar-refractivity contribution >= 4 is 11.9 Å². The van der Waals surface area contributed by atoms with Crippen LogP contribution in [0, 0.1) is 5.92 Å². The molecule has 1 unspecified atom stereocenters. The number of carbonyl (C=O) groups excluding carboxylic acids is 1. The van der Waals surface area contributed by atoms with E-state index in [-0.39, 0.29) is 5.78 Å². The Bertz CT molecular complexity index is 640. The van der Waals surface area contributed by atoms with E-state index in [0.29, 0.717) is 12.3 Å². The van der Waals surface area contributed by atoms with E-state index in [2.05, 4.69) is 44.2 Å². The van der Waals surface area contributed by atoms with Gasteiger partial charge in [0.1, 0.15) is 0 Å². The van der Waals surface area contributed by atoms with E-state index < -0.39 is 0 Å². The van der Waals surface area contributed by atoms with Crippen LogP contribution >= 0.6 is 0 Å². The summed E-state index contributed by atoms with van der Waals surface area (Å²) in [5, 5.41) is 0. The Balaban J connectivity index is 2.11. The summed E-state index contributed by atoms with van der Waals surface area (Å²) in [4.78, 5) is 12.6. The van der Waals surface area contributed by atoms with E-state index in [1.54, 1.807) is 0 Å². The molecule has 24 heavy (non-hydrogen) atoms. The van der Waals surface area contributed by atoms with Gasteiger partial charge in [-0.05, 0) is 24.8 Å². The van der Waals surface area contributed by atoms with E-state index in [1.165, 1.54) is 30.4 Å². The van der Waals surface area contributed by atoms with Crippen molar-refractivity contribution < 1.29 is 4.79 Å². The monoisotopic (exact) mass is 320 g/mol. The van der Waals surface area contributed by atoms with Crippen molar-refractivity contribution in [3.63, 3.8) is 0 Å². The first-order valence-corrected chi connectivity index (χ1v) is 9.02. The van der Waals surface area contributed by atoms with Crippen LogP contribution in [0.15, 0.2) is 66.2 Å². The standard InChI is InChI=1S/C23H28O/c1-3-4-7-16-22(18-23(24)21-14-10-6-11-15-21)19(2)17-20-12-8-5-9-13-20/h5-6,8-15,17,22H,3-4,7,16,18H2,1-2H3/b19-17+. The molecule has 0 radical (unpaired) electrons. The molecule has 0 amide bonds. The third-order valence-electron chi connectivity index (χ3n) is 4.52. The first-order valence-electron chi connectivity index (χ1n) is 9.02. The average molecular weight is 320 g/mol. The molecule has 0 aromatic heterocycles. The zero-order chi connectivity index (χ0) is 17.2. The maximum atomic E-state index is 12.6. The predicted octanol–water partition coefficient (Wildman–Crippen LogP) is 6.56. The molecular formula is C23H28O. The molecule has 0 N–H and O–H groups in total. The fourth-order valence-corrected chi connectivity index (χ4v) is 3.03. The largest absolute Gasteiger partial charge is 0.294 e. The van der Waals surface area contributed by atoms with E-state index in [0.717, 1.165) is 12.0 Å². The second-order valence-electron chi connectivity index (χ2n) is 6.49. The predicted molar refractivity (Wildman–Crippen MR) is 103 cm³/mol. The number of allylic oxidation sites excluding steroid dienone is 1. The molecule has 0 aliphatic carbocycles. The second kappa shape index (κ2) is 9.87. The van der Waals surface area contributed by atoms with Gasteiger partial charge in [-0.15, -0.1) is 0 Å². The minimum Gasteiger partial charge on any atom is -0.294 e. The lowest BCUT2D eigenvalue weighted by molar-refractivity contribution is 0.0965. The number of carbonyl (C=O) groups is 1. The van der Waals surface area contributed by atoms with Crippen molar-refractivity contribution in [1.82, 2.24) is 0 Å². The Labute approximate surface area is 146 Å². The Kier molecular flexibility index (Phi) is 7.48. The first kappa shape index (κ1) is 18.2. The van der Waals surface area contributed by atoms with Gasteiger partial charge in [0, 0.05) is 12.0 Å². The number of hydrogen-bond acceptors (Lipinski definition) is 1. The summed E-state index contributed by atoms with van der Waals surface area (Å²) < 4.78 is 0. The molecule has 0 aliphatic heterocycles. The summed E-state index contributed by atoms with van der Waals surface area (Å²) in [6.45, 7) is 4.39. The van der Waals surface area contributed by atoms with Crippen molar-refractivity contribution in [2.45, 2.75) is 46.0 Å². The maximum absolute atomic E-state index is 12.6. The minimum absolute atomic E-state index is 0.248. The molecule has 0 spiro atoms. The molecule has 2 rings (SSSR count). The smallest absolute Gasteiger partial charge is 0.163 e. The van der Waals surface area contributed by atoms with Crippen molar-refractivity contribution in [2.24, 2.45) is 5.92 Å². The minimum atomic E-state index is 0.248. The molecule has 0 bridgehead atoms. The molecule has 0 fully saturated rings. The van der Waals surface area contributed by atoms with Crippen molar-refractivity contribution in [1.29, 1.82) is 0 Å². The van der Waals surface area contributed by atoms with Gasteiger partial charge in [0.15, 0.2) is 5.78 Å². The van der Waals surface area contributed by atoms with Gasteiger partial charge in [0.25, 0.3) is 0 Å². The van der Waals surface area contributed by atoms with Gasteiger partial charge in [-0.1, -0.05) is 98.5 Å². The summed E-state index contributed by atoms with van der Waals surface area (Å²) in [6.07, 6.45) is 7.54. The third kappa shape index (κ3) is 5.81. The van der Waals surface area contributed by atoms with Crippen LogP contribution in [0.4, 0.5) is 0 Å². The van der Waals surface area contributed by atoms with Gasteiger partial charge >= 0.3 is 0 Å². The van der Waals surface area contributed by atoms with Crippen LogP contribution in [0.5, 0.6) is 0 Å². The Hall–Kier alpha value is -2.15. The fraction of sp³-hybridized carbons (Fsp3) is 0.348. The van der Waals surface area contributed by atoms with Crippen molar-refractivity contribution in [3.05, 3.63) is 77.4 Å². The van der Waals surface area contributed by atoms with Crippen LogP contribution in [0.25, 0.3) is 6.08 Å². The lowest BCUT2D eigenvalue weighted by atomic mass is 9.87. The molecule has 0 heterocycles.